The van der Waals surface area contributed by atoms with Crippen molar-refractivity contribution < 1.29 is 0 Å². The van der Waals surface area contributed by atoms with Gasteiger partial charge in [0.25, 0.3) is 0 Å². The summed E-state index contributed by atoms with van der Waals surface area (Å²) in [5.74, 6) is 0.652. The van der Waals surface area contributed by atoms with Gasteiger partial charge in [-0.1, -0.05) is 32.6 Å². The Morgan fingerprint density at radius 3 is 2.50 bits per heavy atom. The van der Waals surface area contributed by atoms with Gasteiger partial charge in [0, 0.05) is 23.4 Å². The average molecular weight is 296 g/mol. The van der Waals surface area contributed by atoms with Crippen LogP contribution in [0.4, 0.5) is 5.69 Å². The lowest BCUT2D eigenvalue weighted by Gasteiger charge is -2.36. The van der Waals surface area contributed by atoms with E-state index in [1.807, 2.05) is 6.20 Å². The molecule has 118 valence electrons. The first-order chi connectivity index (χ1) is 10.5. The molecular formula is C20H28N2. The molecule has 1 spiro atoms. The highest BCUT2D eigenvalue weighted by molar-refractivity contribution is 5.54. The van der Waals surface area contributed by atoms with Crippen molar-refractivity contribution in [3.63, 3.8) is 0 Å². The van der Waals surface area contributed by atoms with E-state index >= 15 is 0 Å². The smallest absolute Gasteiger partial charge is 0.0594 e. The van der Waals surface area contributed by atoms with E-state index in [-0.39, 0.29) is 0 Å². The number of nitrogens with zero attached hydrogens (tertiary/aromatic N) is 2. The van der Waals surface area contributed by atoms with Crippen LogP contribution < -0.4 is 4.90 Å². The second-order valence-electron chi connectivity index (χ2n) is 7.48. The maximum Gasteiger partial charge on any atom is 0.0594 e. The Hall–Kier alpha value is -1.57. The first kappa shape index (κ1) is 15.3. The second kappa shape index (κ2) is 5.91. The highest BCUT2D eigenvalue weighted by Crippen LogP contribution is 2.51. The molecule has 0 unspecified atom stereocenters. The maximum atomic E-state index is 4.65. The third kappa shape index (κ3) is 2.84. The molecule has 1 aromatic heterocycles. The van der Waals surface area contributed by atoms with Crippen molar-refractivity contribution in [2.45, 2.75) is 52.4 Å². The van der Waals surface area contributed by atoms with E-state index < -0.39 is 0 Å². The van der Waals surface area contributed by atoms with E-state index in [1.165, 1.54) is 54.8 Å². The molecule has 2 heterocycles. The highest BCUT2D eigenvalue weighted by atomic mass is 15.2. The van der Waals surface area contributed by atoms with Crippen LogP contribution in [0.1, 0.15) is 51.6 Å². The van der Waals surface area contributed by atoms with Crippen LogP contribution in [0, 0.1) is 11.3 Å². The van der Waals surface area contributed by atoms with E-state index in [0.29, 0.717) is 11.3 Å². The van der Waals surface area contributed by atoms with Gasteiger partial charge < -0.3 is 4.90 Å². The summed E-state index contributed by atoms with van der Waals surface area (Å²) in [4.78, 5) is 7.04. The number of hydrogen-bond acceptors (Lipinski definition) is 2. The Morgan fingerprint density at radius 1 is 1.18 bits per heavy atom. The van der Waals surface area contributed by atoms with E-state index in [0.717, 1.165) is 13.0 Å². The minimum absolute atomic E-state index is 0.317. The molecule has 2 nitrogen and oxygen atoms in total. The van der Waals surface area contributed by atoms with E-state index in [4.69, 9.17) is 0 Å². The molecule has 1 aromatic rings. The molecule has 2 heteroatoms. The number of allylic oxidation sites excluding steroid dienone is 2. The van der Waals surface area contributed by atoms with Crippen molar-refractivity contribution >= 4 is 5.69 Å². The average Bonchev–Trinajstić information content (AvgIpc) is 2.80. The van der Waals surface area contributed by atoms with Gasteiger partial charge in [0.2, 0.25) is 0 Å². The largest absolute Gasteiger partial charge is 0.344 e. The van der Waals surface area contributed by atoms with Crippen molar-refractivity contribution in [1.29, 1.82) is 0 Å². The molecule has 0 N–H and O–H groups in total. The number of pyridine rings is 1. The molecule has 0 radical (unpaired) electrons. The summed E-state index contributed by atoms with van der Waals surface area (Å²) < 4.78 is 0. The van der Waals surface area contributed by atoms with E-state index in [1.54, 1.807) is 0 Å². The molecule has 1 aliphatic carbocycles. The summed E-state index contributed by atoms with van der Waals surface area (Å²) in [7, 11) is 0. The number of aromatic nitrogens is 1. The standard InChI is InChI=1S/C20H28N2/c1-15(2)13-18-5-6-19(14-21-18)22-12-11-20(17(22)4)9-7-16(3)8-10-20/h5-6,14-15H,3-4,7-13H2,1-2H3. The normalized spacial score (nSPS) is 21.1. The van der Waals surface area contributed by atoms with Crippen LogP contribution in [-0.4, -0.2) is 11.5 Å². The second-order valence-corrected chi connectivity index (χ2v) is 7.48. The summed E-state index contributed by atoms with van der Waals surface area (Å²) in [6, 6.07) is 4.40. The molecule has 0 amide bonds. The predicted molar refractivity (Wildman–Crippen MR) is 93.9 cm³/mol. The van der Waals surface area contributed by atoms with Crippen molar-refractivity contribution in [1.82, 2.24) is 4.98 Å². The Labute approximate surface area is 134 Å². The van der Waals surface area contributed by atoms with E-state index in [9.17, 15) is 0 Å². The van der Waals surface area contributed by atoms with Crippen molar-refractivity contribution in [2.75, 3.05) is 11.4 Å². The molecule has 0 bridgehead atoms. The zero-order valence-corrected chi connectivity index (χ0v) is 14.1. The topological polar surface area (TPSA) is 16.1 Å². The number of rotatable bonds is 3. The molecule has 1 aliphatic heterocycles. The fourth-order valence-electron chi connectivity index (χ4n) is 3.91. The molecule has 2 fully saturated rings. The van der Waals surface area contributed by atoms with Gasteiger partial charge >= 0.3 is 0 Å². The first-order valence-electron chi connectivity index (χ1n) is 8.59. The third-order valence-electron chi connectivity index (χ3n) is 5.40. The SMILES string of the molecule is C=C1CCC2(CC1)CCN(c1ccc(CC(C)C)nc1)C2=C. The summed E-state index contributed by atoms with van der Waals surface area (Å²) in [5, 5.41) is 0. The van der Waals surface area contributed by atoms with Crippen LogP contribution >= 0.6 is 0 Å². The van der Waals surface area contributed by atoms with Crippen LogP contribution in [0.15, 0.2) is 42.8 Å². The van der Waals surface area contributed by atoms with Crippen LogP contribution in [0.5, 0.6) is 0 Å². The summed E-state index contributed by atoms with van der Waals surface area (Å²) in [6.45, 7) is 14.2. The van der Waals surface area contributed by atoms with Crippen LogP contribution in [0.25, 0.3) is 0 Å². The zero-order valence-electron chi connectivity index (χ0n) is 14.1. The summed E-state index contributed by atoms with van der Waals surface area (Å²) in [6.07, 6.45) is 9.08. The monoisotopic (exact) mass is 296 g/mol. The lowest BCUT2D eigenvalue weighted by Crippen LogP contribution is -2.26. The van der Waals surface area contributed by atoms with Gasteiger partial charge in [-0.05, 0) is 56.6 Å². The van der Waals surface area contributed by atoms with Gasteiger partial charge in [-0.15, -0.1) is 0 Å². The maximum absolute atomic E-state index is 4.65. The van der Waals surface area contributed by atoms with Crippen molar-refractivity contribution in [3.8, 4) is 0 Å². The quantitative estimate of drug-likeness (QED) is 0.720. The molecule has 3 rings (SSSR count). The minimum Gasteiger partial charge on any atom is -0.344 e. The molecule has 2 aliphatic rings. The van der Waals surface area contributed by atoms with Gasteiger partial charge in [0.1, 0.15) is 0 Å². The Bertz CT molecular complexity index is 558. The van der Waals surface area contributed by atoms with Gasteiger partial charge in [-0.3, -0.25) is 4.98 Å². The fraction of sp³-hybridized carbons (Fsp3) is 0.550. The molecule has 1 saturated carbocycles. The van der Waals surface area contributed by atoms with Gasteiger partial charge in [0.15, 0.2) is 0 Å². The van der Waals surface area contributed by atoms with Gasteiger partial charge in [0.05, 0.1) is 11.9 Å². The zero-order chi connectivity index (χ0) is 15.7. The molecule has 1 saturated heterocycles. The summed E-state index contributed by atoms with van der Waals surface area (Å²) in [5.41, 5.74) is 5.43. The number of anilines is 1. The van der Waals surface area contributed by atoms with Crippen LogP contribution in [0.2, 0.25) is 0 Å². The highest BCUT2D eigenvalue weighted by Gasteiger charge is 2.43. The Balaban J connectivity index is 1.73. The molecule has 0 atom stereocenters. The van der Waals surface area contributed by atoms with Gasteiger partial charge in [-0.25, -0.2) is 0 Å². The fourth-order valence-corrected chi connectivity index (χ4v) is 3.91. The van der Waals surface area contributed by atoms with Crippen LogP contribution in [0.3, 0.4) is 0 Å². The third-order valence-corrected chi connectivity index (χ3v) is 5.40. The van der Waals surface area contributed by atoms with Crippen molar-refractivity contribution in [2.24, 2.45) is 11.3 Å². The van der Waals surface area contributed by atoms with Crippen LogP contribution in [-0.2, 0) is 6.42 Å². The van der Waals surface area contributed by atoms with Gasteiger partial charge in [-0.2, -0.15) is 0 Å². The molecular weight excluding hydrogens is 268 g/mol. The summed E-state index contributed by atoms with van der Waals surface area (Å²) >= 11 is 0. The predicted octanol–water partition coefficient (Wildman–Crippen LogP) is 5.12. The molecule has 0 aromatic carbocycles. The lowest BCUT2D eigenvalue weighted by atomic mass is 9.70. The number of hydrogen-bond donors (Lipinski definition) is 0. The lowest BCUT2D eigenvalue weighted by molar-refractivity contribution is 0.285. The molecule has 22 heavy (non-hydrogen) atoms. The Kier molecular flexibility index (Phi) is 4.12. The van der Waals surface area contributed by atoms with Crippen molar-refractivity contribution in [3.05, 3.63) is 48.5 Å². The first-order valence-corrected chi connectivity index (χ1v) is 8.59. The Morgan fingerprint density at radius 2 is 1.91 bits per heavy atom. The van der Waals surface area contributed by atoms with E-state index in [2.05, 4.69) is 49.0 Å². The minimum atomic E-state index is 0.317.